The van der Waals surface area contributed by atoms with Crippen molar-refractivity contribution in [3.8, 4) is 0 Å². The summed E-state index contributed by atoms with van der Waals surface area (Å²) in [7, 11) is 0. The van der Waals surface area contributed by atoms with E-state index in [4.69, 9.17) is 4.74 Å². The molecule has 0 bridgehead atoms. The van der Waals surface area contributed by atoms with E-state index in [9.17, 15) is 14.9 Å². The minimum absolute atomic E-state index is 0.0211. The summed E-state index contributed by atoms with van der Waals surface area (Å²) >= 11 is 0. The van der Waals surface area contributed by atoms with Gasteiger partial charge in [-0.25, -0.2) is 4.79 Å². The van der Waals surface area contributed by atoms with Gasteiger partial charge in [0.2, 0.25) is 0 Å². The van der Waals surface area contributed by atoms with Crippen molar-refractivity contribution in [1.29, 1.82) is 0 Å². The summed E-state index contributed by atoms with van der Waals surface area (Å²) in [6, 6.07) is 4.34. The summed E-state index contributed by atoms with van der Waals surface area (Å²) in [4.78, 5) is 21.4. The molecule has 1 rings (SSSR count). The molecule has 0 aliphatic heterocycles. The summed E-state index contributed by atoms with van der Waals surface area (Å²) in [5.41, 5.74) is 0.976. The van der Waals surface area contributed by atoms with Gasteiger partial charge in [0, 0.05) is 17.3 Å². The van der Waals surface area contributed by atoms with Crippen LogP contribution in [-0.2, 0) is 4.74 Å². The number of amides is 1. The second kappa shape index (κ2) is 5.29. The Hall–Kier alpha value is -2.11. The molecular weight excluding hydrogens is 224 g/mol. The molecule has 0 saturated heterocycles. The number of nitrogens with one attached hydrogen (secondary N) is 1. The van der Waals surface area contributed by atoms with E-state index in [0.717, 1.165) is 0 Å². The van der Waals surface area contributed by atoms with Crippen molar-refractivity contribution in [1.82, 2.24) is 0 Å². The Morgan fingerprint density at radius 1 is 1.47 bits per heavy atom. The molecule has 1 aromatic carbocycles. The van der Waals surface area contributed by atoms with Crippen LogP contribution in [0.1, 0.15) is 19.4 Å². The van der Waals surface area contributed by atoms with Crippen LogP contribution in [0, 0.1) is 17.0 Å². The standard InChI is InChI=1S/C11H14N2O4/c1-7(2)17-11(14)12-9-4-5-10(13(15)16)8(3)6-9/h4-7H,1-3H3,(H,12,14). The second-order valence-corrected chi connectivity index (χ2v) is 3.84. The maximum atomic E-state index is 11.3. The Morgan fingerprint density at radius 3 is 2.59 bits per heavy atom. The molecule has 92 valence electrons. The van der Waals surface area contributed by atoms with Gasteiger partial charge >= 0.3 is 6.09 Å². The van der Waals surface area contributed by atoms with Gasteiger partial charge in [0.25, 0.3) is 5.69 Å². The molecule has 0 fully saturated rings. The van der Waals surface area contributed by atoms with E-state index in [-0.39, 0.29) is 11.8 Å². The fraction of sp³-hybridized carbons (Fsp3) is 0.364. The zero-order valence-electron chi connectivity index (χ0n) is 9.89. The van der Waals surface area contributed by atoms with Gasteiger partial charge in [-0.15, -0.1) is 0 Å². The Kier molecular flexibility index (Phi) is 4.03. The van der Waals surface area contributed by atoms with Crippen molar-refractivity contribution in [2.45, 2.75) is 26.9 Å². The average molecular weight is 238 g/mol. The van der Waals surface area contributed by atoms with Gasteiger partial charge in [-0.3, -0.25) is 15.4 Å². The largest absolute Gasteiger partial charge is 0.447 e. The zero-order chi connectivity index (χ0) is 13.0. The molecule has 0 saturated carbocycles. The maximum Gasteiger partial charge on any atom is 0.411 e. The van der Waals surface area contributed by atoms with Crippen LogP contribution in [0.15, 0.2) is 18.2 Å². The van der Waals surface area contributed by atoms with E-state index >= 15 is 0 Å². The number of hydrogen-bond donors (Lipinski definition) is 1. The maximum absolute atomic E-state index is 11.3. The van der Waals surface area contributed by atoms with Crippen molar-refractivity contribution >= 4 is 17.5 Å². The monoisotopic (exact) mass is 238 g/mol. The highest BCUT2D eigenvalue weighted by Crippen LogP contribution is 2.21. The van der Waals surface area contributed by atoms with Crippen LogP contribution < -0.4 is 5.32 Å². The third-order valence-corrected chi connectivity index (χ3v) is 1.98. The number of rotatable bonds is 3. The predicted molar refractivity (Wildman–Crippen MR) is 63.1 cm³/mol. The fourth-order valence-corrected chi connectivity index (χ4v) is 1.30. The molecule has 0 atom stereocenters. The van der Waals surface area contributed by atoms with E-state index in [1.807, 2.05) is 0 Å². The quantitative estimate of drug-likeness (QED) is 0.648. The molecule has 17 heavy (non-hydrogen) atoms. The van der Waals surface area contributed by atoms with Gasteiger partial charge in [0.05, 0.1) is 11.0 Å². The molecule has 0 heterocycles. The van der Waals surface area contributed by atoms with Gasteiger partial charge in [-0.05, 0) is 32.9 Å². The minimum atomic E-state index is -0.576. The molecule has 1 N–H and O–H groups in total. The highest BCUT2D eigenvalue weighted by atomic mass is 16.6. The fourth-order valence-electron chi connectivity index (χ4n) is 1.30. The number of carbonyl (C=O) groups excluding carboxylic acids is 1. The summed E-state index contributed by atoms with van der Waals surface area (Å²) in [5, 5.41) is 13.1. The third-order valence-electron chi connectivity index (χ3n) is 1.98. The van der Waals surface area contributed by atoms with E-state index in [1.54, 1.807) is 20.8 Å². The summed E-state index contributed by atoms with van der Waals surface area (Å²) in [6.45, 7) is 5.08. The van der Waals surface area contributed by atoms with Crippen LogP contribution in [0.4, 0.5) is 16.2 Å². The number of nitrogens with zero attached hydrogens (tertiary/aromatic N) is 1. The molecule has 1 amide bonds. The first-order valence-corrected chi connectivity index (χ1v) is 5.13. The Labute approximate surface area is 98.7 Å². The molecule has 0 aliphatic rings. The van der Waals surface area contributed by atoms with E-state index in [1.165, 1.54) is 18.2 Å². The first kappa shape index (κ1) is 13.0. The Balaban J connectivity index is 2.77. The summed E-state index contributed by atoms with van der Waals surface area (Å²) in [6.07, 6.45) is -0.789. The molecular formula is C11H14N2O4. The number of aryl methyl sites for hydroxylation is 1. The van der Waals surface area contributed by atoms with Crippen LogP contribution in [0.3, 0.4) is 0 Å². The lowest BCUT2D eigenvalue weighted by molar-refractivity contribution is -0.385. The second-order valence-electron chi connectivity index (χ2n) is 3.84. The van der Waals surface area contributed by atoms with E-state index in [2.05, 4.69) is 5.32 Å². The van der Waals surface area contributed by atoms with Crippen molar-refractivity contribution in [3.63, 3.8) is 0 Å². The van der Waals surface area contributed by atoms with Crippen molar-refractivity contribution in [2.24, 2.45) is 0 Å². The van der Waals surface area contributed by atoms with Crippen LogP contribution in [0.2, 0.25) is 0 Å². The predicted octanol–water partition coefficient (Wildman–Crippen LogP) is 2.86. The zero-order valence-corrected chi connectivity index (χ0v) is 9.89. The molecule has 6 heteroatoms. The molecule has 0 aromatic heterocycles. The van der Waals surface area contributed by atoms with Crippen LogP contribution >= 0.6 is 0 Å². The first-order valence-electron chi connectivity index (χ1n) is 5.13. The third kappa shape index (κ3) is 3.75. The summed E-state index contributed by atoms with van der Waals surface area (Å²) in [5.74, 6) is 0. The SMILES string of the molecule is Cc1cc(NC(=O)OC(C)C)ccc1[N+](=O)[O-]. The van der Waals surface area contributed by atoms with Gasteiger partial charge in [0.1, 0.15) is 0 Å². The van der Waals surface area contributed by atoms with Crippen molar-refractivity contribution in [3.05, 3.63) is 33.9 Å². The van der Waals surface area contributed by atoms with Crippen molar-refractivity contribution in [2.75, 3.05) is 5.32 Å². The number of ether oxygens (including phenoxy) is 1. The Bertz CT molecular complexity index is 443. The Morgan fingerprint density at radius 2 is 2.12 bits per heavy atom. The molecule has 0 unspecified atom stereocenters. The van der Waals surface area contributed by atoms with Gasteiger partial charge in [-0.1, -0.05) is 0 Å². The highest BCUT2D eigenvalue weighted by molar-refractivity contribution is 5.85. The number of carbonyl (C=O) groups is 1. The number of nitro groups is 1. The van der Waals surface area contributed by atoms with Crippen LogP contribution in [-0.4, -0.2) is 17.1 Å². The highest BCUT2D eigenvalue weighted by Gasteiger charge is 2.12. The molecule has 1 aromatic rings. The van der Waals surface area contributed by atoms with Crippen LogP contribution in [0.25, 0.3) is 0 Å². The minimum Gasteiger partial charge on any atom is -0.447 e. The average Bonchev–Trinajstić information content (AvgIpc) is 2.15. The first-order chi connectivity index (χ1) is 7.90. The molecule has 0 radical (unpaired) electrons. The van der Waals surface area contributed by atoms with E-state index in [0.29, 0.717) is 11.3 Å². The van der Waals surface area contributed by atoms with Crippen molar-refractivity contribution < 1.29 is 14.5 Å². The molecule has 0 spiro atoms. The van der Waals surface area contributed by atoms with Gasteiger partial charge in [0.15, 0.2) is 0 Å². The van der Waals surface area contributed by atoms with Crippen LogP contribution in [0.5, 0.6) is 0 Å². The smallest absolute Gasteiger partial charge is 0.411 e. The van der Waals surface area contributed by atoms with Gasteiger partial charge < -0.3 is 4.74 Å². The topological polar surface area (TPSA) is 81.5 Å². The lowest BCUT2D eigenvalue weighted by Crippen LogP contribution is -2.18. The van der Waals surface area contributed by atoms with Gasteiger partial charge in [-0.2, -0.15) is 0 Å². The lowest BCUT2D eigenvalue weighted by Gasteiger charge is -2.09. The lowest BCUT2D eigenvalue weighted by atomic mass is 10.2. The molecule has 0 aliphatic carbocycles. The normalized spacial score (nSPS) is 10.1. The summed E-state index contributed by atoms with van der Waals surface area (Å²) < 4.78 is 4.89. The number of anilines is 1. The number of hydrogen-bond acceptors (Lipinski definition) is 4. The van der Waals surface area contributed by atoms with E-state index < -0.39 is 11.0 Å². The molecule has 6 nitrogen and oxygen atoms in total. The number of benzene rings is 1. The number of nitro benzene ring substituents is 1.